The zero-order valence-corrected chi connectivity index (χ0v) is 9.67. The van der Waals surface area contributed by atoms with Crippen molar-refractivity contribution < 1.29 is 9.53 Å². The third kappa shape index (κ3) is 3.79. The Kier molecular flexibility index (Phi) is 4.13. The first-order valence-electron chi connectivity index (χ1n) is 5.47. The molecule has 0 saturated heterocycles. The zero-order chi connectivity index (χ0) is 12.6. The number of carbonyl (C=O) groups excluding carboxylic acids is 1. The monoisotopic (exact) mass is 243 g/mol. The van der Waals surface area contributed by atoms with Gasteiger partial charge in [0.15, 0.2) is 0 Å². The number of hydrazine groups is 1. The first-order chi connectivity index (χ1) is 8.84. The molecule has 0 aliphatic heterocycles. The van der Waals surface area contributed by atoms with Crippen molar-refractivity contribution in [2.75, 3.05) is 5.43 Å². The van der Waals surface area contributed by atoms with E-state index in [0.29, 0.717) is 5.69 Å². The maximum Gasteiger partial charge on any atom is 0.426 e. The van der Waals surface area contributed by atoms with Crippen molar-refractivity contribution in [3.8, 4) is 0 Å². The van der Waals surface area contributed by atoms with Crippen LogP contribution in [0.3, 0.4) is 0 Å². The van der Waals surface area contributed by atoms with Gasteiger partial charge >= 0.3 is 6.09 Å². The van der Waals surface area contributed by atoms with E-state index in [9.17, 15) is 4.79 Å². The smallest absolute Gasteiger partial charge is 0.426 e. The average molecular weight is 243 g/mol. The molecule has 2 N–H and O–H groups in total. The standard InChI is InChI=1S/C13H13N3O2/c17-13(16-15-12-7-4-8-14-9-12)18-10-11-5-2-1-3-6-11/h1-9,15H,10H2,(H,16,17). The lowest BCUT2D eigenvalue weighted by molar-refractivity contribution is 0.142. The Bertz CT molecular complexity index is 443. The summed E-state index contributed by atoms with van der Waals surface area (Å²) in [6.45, 7) is 0.237. The van der Waals surface area contributed by atoms with Crippen LogP contribution in [0.4, 0.5) is 10.5 Å². The van der Waals surface area contributed by atoms with Gasteiger partial charge in [0.05, 0.1) is 11.9 Å². The van der Waals surface area contributed by atoms with Gasteiger partial charge in [-0.2, -0.15) is 0 Å². The van der Waals surface area contributed by atoms with Gasteiger partial charge in [-0.15, -0.1) is 0 Å². The third-order valence-corrected chi connectivity index (χ3v) is 2.18. The fraction of sp³-hybridized carbons (Fsp3) is 0.0769. The fourth-order valence-corrected chi connectivity index (χ4v) is 1.32. The van der Waals surface area contributed by atoms with Crippen molar-refractivity contribution in [1.29, 1.82) is 0 Å². The minimum Gasteiger partial charge on any atom is -0.443 e. The van der Waals surface area contributed by atoms with Crippen molar-refractivity contribution in [1.82, 2.24) is 10.4 Å². The van der Waals surface area contributed by atoms with Gasteiger partial charge in [0.2, 0.25) is 0 Å². The second-order valence-electron chi connectivity index (χ2n) is 3.55. The van der Waals surface area contributed by atoms with E-state index < -0.39 is 6.09 Å². The maximum absolute atomic E-state index is 11.4. The molecule has 0 saturated carbocycles. The number of anilines is 1. The molecule has 5 heteroatoms. The Labute approximate surface area is 105 Å². The molecule has 2 rings (SSSR count). The normalized spacial score (nSPS) is 9.56. The molecule has 1 aromatic heterocycles. The van der Waals surface area contributed by atoms with Crippen molar-refractivity contribution in [2.45, 2.75) is 6.61 Å². The number of aromatic nitrogens is 1. The molecule has 0 radical (unpaired) electrons. The summed E-state index contributed by atoms with van der Waals surface area (Å²) < 4.78 is 5.02. The molecule has 1 heterocycles. The van der Waals surface area contributed by atoms with Crippen molar-refractivity contribution >= 4 is 11.8 Å². The zero-order valence-electron chi connectivity index (χ0n) is 9.67. The van der Waals surface area contributed by atoms with E-state index in [4.69, 9.17) is 4.74 Å². The first kappa shape index (κ1) is 11.9. The summed E-state index contributed by atoms with van der Waals surface area (Å²) in [5, 5.41) is 0. The van der Waals surface area contributed by atoms with Gasteiger partial charge in [0, 0.05) is 6.20 Å². The molecular formula is C13H13N3O2. The molecule has 0 unspecified atom stereocenters. The number of hydrogen-bond donors (Lipinski definition) is 2. The van der Waals surface area contributed by atoms with E-state index >= 15 is 0 Å². The number of benzene rings is 1. The van der Waals surface area contributed by atoms with Crippen LogP contribution in [0.25, 0.3) is 0 Å². The van der Waals surface area contributed by atoms with Gasteiger partial charge in [-0.25, -0.2) is 10.2 Å². The Morgan fingerprint density at radius 2 is 2.00 bits per heavy atom. The lowest BCUT2D eigenvalue weighted by atomic mass is 10.2. The number of rotatable bonds is 4. The second-order valence-corrected chi connectivity index (χ2v) is 3.55. The number of nitrogens with zero attached hydrogens (tertiary/aromatic N) is 1. The molecule has 0 aliphatic rings. The van der Waals surface area contributed by atoms with E-state index in [1.54, 1.807) is 24.5 Å². The number of pyridine rings is 1. The lowest BCUT2D eigenvalue weighted by Gasteiger charge is -2.08. The van der Waals surface area contributed by atoms with Crippen LogP contribution in [-0.4, -0.2) is 11.1 Å². The highest BCUT2D eigenvalue weighted by molar-refractivity contribution is 5.69. The molecule has 1 amide bonds. The maximum atomic E-state index is 11.4. The highest BCUT2D eigenvalue weighted by Crippen LogP contribution is 2.02. The molecule has 2 aromatic rings. The van der Waals surface area contributed by atoms with Crippen molar-refractivity contribution in [3.05, 3.63) is 60.4 Å². The molecule has 0 aliphatic carbocycles. The third-order valence-electron chi connectivity index (χ3n) is 2.18. The lowest BCUT2D eigenvalue weighted by Crippen LogP contribution is -2.29. The van der Waals surface area contributed by atoms with E-state index in [-0.39, 0.29) is 6.61 Å². The molecule has 1 aromatic carbocycles. The molecule has 0 fully saturated rings. The summed E-state index contributed by atoms with van der Waals surface area (Å²) in [5.41, 5.74) is 6.74. The Hall–Kier alpha value is -2.56. The van der Waals surface area contributed by atoms with Gasteiger partial charge in [-0.3, -0.25) is 10.4 Å². The van der Waals surface area contributed by atoms with Crippen molar-refractivity contribution in [2.24, 2.45) is 0 Å². The van der Waals surface area contributed by atoms with Gasteiger partial charge in [0.25, 0.3) is 0 Å². The number of ether oxygens (including phenoxy) is 1. The summed E-state index contributed by atoms with van der Waals surface area (Å²) in [7, 11) is 0. The van der Waals surface area contributed by atoms with Crippen LogP contribution in [0.5, 0.6) is 0 Å². The molecule has 92 valence electrons. The summed E-state index contributed by atoms with van der Waals surface area (Å²) in [6, 6.07) is 13.0. The van der Waals surface area contributed by atoms with Crippen LogP contribution in [0.2, 0.25) is 0 Å². The van der Waals surface area contributed by atoms with Crippen LogP contribution in [0.1, 0.15) is 5.56 Å². The van der Waals surface area contributed by atoms with E-state index in [1.807, 2.05) is 30.3 Å². The topological polar surface area (TPSA) is 63.2 Å². The molecule has 0 atom stereocenters. The summed E-state index contributed by atoms with van der Waals surface area (Å²) in [6.07, 6.45) is 2.71. The van der Waals surface area contributed by atoms with Gasteiger partial charge < -0.3 is 4.74 Å². The summed E-state index contributed by atoms with van der Waals surface area (Å²) in [4.78, 5) is 15.3. The van der Waals surface area contributed by atoms with Gasteiger partial charge in [-0.05, 0) is 17.7 Å². The van der Waals surface area contributed by atoms with E-state index in [0.717, 1.165) is 5.56 Å². The summed E-state index contributed by atoms with van der Waals surface area (Å²) in [5.74, 6) is 0. The highest BCUT2D eigenvalue weighted by atomic mass is 16.6. The van der Waals surface area contributed by atoms with Gasteiger partial charge in [0.1, 0.15) is 6.61 Å². The van der Waals surface area contributed by atoms with Crippen LogP contribution in [0, 0.1) is 0 Å². The molecule has 18 heavy (non-hydrogen) atoms. The van der Waals surface area contributed by atoms with E-state index in [2.05, 4.69) is 15.8 Å². The quantitative estimate of drug-likeness (QED) is 0.809. The molecule has 5 nitrogen and oxygen atoms in total. The Balaban J connectivity index is 1.73. The van der Waals surface area contributed by atoms with Crippen LogP contribution in [-0.2, 0) is 11.3 Å². The Morgan fingerprint density at radius 1 is 1.17 bits per heavy atom. The average Bonchev–Trinajstić information content (AvgIpc) is 2.45. The van der Waals surface area contributed by atoms with Gasteiger partial charge in [-0.1, -0.05) is 30.3 Å². The van der Waals surface area contributed by atoms with Crippen LogP contribution < -0.4 is 10.9 Å². The highest BCUT2D eigenvalue weighted by Gasteiger charge is 2.01. The second kappa shape index (κ2) is 6.24. The van der Waals surface area contributed by atoms with Crippen LogP contribution in [0.15, 0.2) is 54.9 Å². The fourth-order valence-electron chi connectivity index (χ4n) is 1.32. The first-order valence-corrected chi connectivity index (χ1v) is 5.47. The Morgan fingerprint density at radius 3 is 2.72 bits per heavy atom. The molecular weight excluding hydrogens is 230 g/mol. The minimum atomic E-state index is -0.539. The number of amides is 1. The van der Waals surface area contributed by atoms with E-state index in [1.165, 1.54) is 0 Å². The molecule has 0 spiro atoms. The predicted molar refractivity (Wildman–Crippen MR) is 67.6 cm³/mol. The largest absolute Gasteiger partial charge is 0.443 e. The number of carbonyl (C=O) groups is 1. The molecule has 0 bridgehead atoms. The predicted octanol–water partition coefficient (Wildman–Crippen LogP) is 2.33. The SMILES string of the molecule is O=C(NNc1cccnc1)OCc1ccccc1. The minimum absolute atomic E-state index is 0.237. The van der Waals surface area contributed by atoms with Crippen LogP contribution >= 0.6 is 0 Å². The van der Waals surface area contributed by atoms with Crippen molar-refractivity contribution in [3.63, 3.8) is 0 Å². The number of nitrogens with one attached hydrogen (secondary N) is 2. The summed E-state index contributed by atoms with van der Waals surface area (Å²) >= 11 is 0. The number of hydrogen-bond acceptors (Lipinski definition) is 4.